The maximum atomic E-state index is 6.33. The van der Waals surface area contributed by atoms with Crippen molar-refractivity contribution in [2.45, 2.75) is 37.8 Å². The first-order valence-electron chi connectivity index (χ1n) is 8.33. The van der Waals surface area contributed by atoms with E-state index in [1.807, 2.05) is 18.2 Å². The van der Waals surface area contributed by atoms with Gasteiger partial charge in [0.15, 0.2) is 11.5 Å². The van der Waals surface area contributed by atoms with Crippen molar-refractivity contribution in [1.29, 1.82) is 0 Å². The summed E-state index contributed by atoms with van der Waals surface area (Å²) in [4.78, 5) is 1.22. The Kier molecular flexibility index (Phi) is 4.96. The quantitative estimate of drug-likeness (QED) is 0.706. The van der Waals surface area contributed by atoms with Gasteiger partial charge in [-0.25, -0.2) is 0 Å². The van der Waals surface area contributed by atoms with E-state index in [0.29, 0.717) is 11.8 Å². The van der Waals surface area contributed by atoms with Gasteiger partial charge in [0.25, 0.3) is 0 Å². The second-order valence-corrected chi connectivity index (χ2v) is 8.60. The third-order valence-corrected chi connectivity index (χ3v) is 6.20. The predicted molar refractivity (Wildman–Crippen MR) is 98.2 cm³/mol. The van der Waals surface area contributed by atoms with Gasteiger partial charge in [0.2, 0.25) is 12.5 Å². The van der Waals surface area contributed by atoms with Crippen molar-refractivity contribution < 1.29 is 14.2 Å². The van der Waals surface area contributed by atoms with Crippen molar-refractivity contribution in [3.8, 4) is 17.2 Å². The summed E-state index contributed by atoms with van der Waals surface area (Å²) in [7, 11) is 0. The van der Waals surface area contributed by atoms with Crippen LogP contribution in [0.2, 0.25) is 0 Å². The summed E-state index contributed by atoms with van der Waals surface area (Å²) in [5, 5.41) is 3.62. The minimum atomic E-state index is 0.00424. The fourth-order valence-electron chi connectivity index (χ4n) is 2.94. The lowest BCUT2D eigenvalue weighted by Crippen LogP contribution is -2.36. The van der Waals surface area contributed by atoms with Crippen LogP contribution < -0.4 is 19.5 Å². The molecule has 2 aliphatic rings. The van der Waals surface area contributed by atoms with E-state index in [9.17, 15) is 0 Å². The van der Waals surface area contributed by atoms with Gasteiger partial charge in [-0.1, -0.05) is 12.5 Å². The van der Waals surface area contributed by atoms with Crippen molar-refractivity contribution in [2.24, 2.45) is 0 Å². The van der Waals surface area contributed by atoms with Crippen molar-refractivity contribution in [2.75, 3.05) is 13.3 Å². The third kappa shape index (κ3) is 3.55. The number of benzene rings is 1. The Hall–Kier alpha value is -1.24. The lowest BCUT2D eigenvalue weighted by molar-refractivity contribution is 0.157. The molecule has 4 nitrogen and oxygen atoms in total. The largest absolute Gasteiger partial charge is 0.481 e. The molecule has 0 amide bonds. The van der Waals surface area contributed by atoms with Gasteiger partial charge in [0.1, 0.15) is 6.10 Å². The minimum Gasteiger partial charge on any atom is -0.481 e. The van der Waals surface area contributed by atoms with Gasteiger partial charge < -0.3 is 19.5 Å². The molecule has 2 heterocycles. The van der Waals surface area contributed by atoms with Crippen LogP contribution in [0.15, 0.2) is 34.1 Å². The summed E-state index contributed by atoms with van der Waals surface area (Å²) in [6, 6.07) is 10.7. The van der Waals surface area contributed by atoms with Gasteiger partial charge in [0, 0.05) is 17.3 Å². The topological polar surface area (TPSA) is 39.7 Å². The maximum absolute atomic E-state index is 6.33. The molecule has 1 aliphatic heterocycles. The average Bonchev–Trinajstić information content (AvgIpc) is 3.17. The Morgan fingerprint density at radius 2 is 2.17 bits per heavy atom. The van der Waals surface area contributed by atoms with Crippen LogP contribution in [0.25, 0.3) is 0 Å². The number of rotatable bonds is 7. The lowest BCUT2D eigenvalue weighted by Gasteiger charge is -2.27. The second-order valence-electron chi connectivity index (χ2n) is 6.11. The van der Waals surface area contributed by atoms with Gasteiger partial charge in [-0.05, 0) is 59.6 Å². The molecule has 0 radical (unpaired) electrons. The van der Waals surface area contributed by atoms with Gasteiger partial charge in [-0.15, -0.1) is 11.3 Å². The molecule has 1 aliphatic carbocycles. The van der Waals surface area contributed by atoms with E-state index in [1.54, 1.807) is 11.3 Å². The van der Waals surface area contributed by atoms with E-state index in [-0.39, 0.29) is 12.9 Å². The smallest absolute Gasteiger partial charge is 0.231 e. The molecule has 1 saturated carbocycles. The maximum Gasteiger partial charge on any atom is 0.231 e. The molecule has 1 aromatic heterocycles. The zero-order chi connectivity index (χ0) is 16.4. The first kappa shape index (κ1) is 16.2. The number of ether oxygens (including phenoxy) is 3. The van der Waals surface area contributed by atoms with Crippen molar-refractivity contribution >= 4 is 27.3 Å². The molecule has 0 unspecified atom stereocenters. The third-order valence-electron chi connectivity index (χ3n) is 4.49. The van der Waals surface area contributed by atoms with Crippen LogP contribution in [0.5, 0.6) is 17.2 Å². The molecule has 1 atom stereocenters. The van der Waals surface area contributed by atoms with Crippen LogP contribution in [-0.4, -0.2) is 19.4 Å². The lowest BCUT2D eigenvalue weighted by atomic mass is 9.93. The Morgan fingerprint density at radius 1 is 1.25 bits per heavy atom. The van der Waals surface area contributed by atoms with Crippen LogP contribution in [0.1, 0.15) is 36.7 Å². The van der Waals surface area contributed by atoms with E-state index in [4.69, 9.17) is 14.2 Å². The Labute approximate surface area is 154 Å². The normalized spacial score (nSPS) is 17.5. The monoisotopic (exact) mass is 409 g/mol. The molecule has 4 rings (SSSR count). The number of hydrogen-bond acceptors (Lipinski definition) is 5. The summed E-state index contributed by atoms with van der Waals surface area (Å²) in [5.74, 6) is 2.22. The number of hydrogen-bond donors (Lipinski definition) is 1. The van der Waals surface area contributed by atoms with Crippen LogP contribution in [-0.2, 0) is 0 Å². The molecule has 128 valence electrons. The molecule has 0 spiro atoms. The highest BCUT2D eigenvalue weighted by atomic mass is 79.9. The van der Waals surface area contributed by atoms with Crippen molar-refractivity contribution in [3.63, 3.8) is 0 Å². The van der Waals surface area contributed by atoms with E-state index in [1.165, 1.54) is 24.1 Å². The molecule has 0 bridgehead atoms. The summed E-state index contributed by atoms with van der Waals surface area (Å²) < 4.78 is 18.5. The zero-order valence-corrected chi connectivity index (χ0v) is 15.7. The van der Waals surface area contributed by atoms with Crippen LogP contribution >= 0.6 is 27.3 Å². The minimum absolute atomic E-state index is 0.00424. The second kappa shape index (κ2) is 7.33. The molecular weight excluding hydrogens is 390 g/mol. The fourth-order valence-corrected chi connectivity index (χ4v) is 4.43. The summed E-state index contributed by atoms with van der Waals surface area (Å²) in [5.41, 5.74) is 0. The van der Waals surface area contributed by atoms with E-state index < -0.39 is 0 Å². The van der Waals surface area contributed by atoms with Gasteiger partial charge in [-0.2, -0.15) is 0 Å². The fraction of sp³-hybridized carbons (Fsp3) is 0.444. The van der Waals surface area contributed by atoms with Gasteiger partial charge in [-0.3, -0.25) is 0 Å². The number of para-hydroxylation sites is 1. The highest BCUT2D eigenvalue weighted by Gasteiger charge is 2.23. The van der Waals surface area contributed by atoms with Crippen molar-refractivity contribution in [3.05, 3.63) is 39.0 Å². The summed E-state index contributed by atoms with van der Waals surface area (Å²) in [6.07, 6.45) is 4.88. The van der Waals surface area contributed by atoms with Crippen LogP contribution in [0, 0.1) is 0 Å². The van der Waals surface area contributed by atoms with Gasteiger partial charge >= 0.3 is 0 Å². The van der Waals surface area contributed by atoms with E-state index in [2.05, 4.69) is 33.4 Å². The first-order chi connectivity index (χ1) is 11.8. The highest BCUT2D eigenvalue weighted by Crippen LogP contribution is 2.43. The molecule has 6 heteroatoms. The summed E-state index contributed by atoms with van der Waals surface area (Å²) in [6.45, 7) is 1.21. The predicted octanol–water partition coefficient (Wildman–Crippen LogP) is 4.89. The molecule has 1 aromatic carbocycles. The number of nitrogens with one attached hydrogen (secondary N) is 1. The van der Waals surface area contributed by atoms with Gasteiger partial charge in [0.05, 0.1) is 3.79 Å². The molecular formula is C18H20BrNO3S. The van der Waals surface area contributed by atoms with E-state index >= 15 is 0 Å². The molecule has 0 saturated heterocycles. The standard InChI is InChI=1S/C18H20BrNO3S/c19-17-8-7-16(24-17)13(9-10-20-12-3-1-4-12)23-15-6-2-5-14-18(15)22-11-21-14/h2,5-8,12-13,20H,1,3-4,9-11H2/t13-/m0/s1. The zero-order valence-electron chi connectivity index (χ0n) is 13.3. The molecule has 2 aromatic rings. The van der Waals surface area contributed by atoms with Crippen LogP contribution in [0.3, 0.4) is 0 Å². The van der Waals surface area contributed by atoms with Crippen molar-refractivity contribution in [1.82, 2.24) is 5.32 Å². The molecule has 1 fully saturated rings. The average molecular weight is 410 g/mol. The first-order valence-corrected chi connectivity index (χ1v) is 9.94. The number of thiophene rings is 1. The Morgan fingerprint density at radius 3 is 2.92 bits per heavy atom. The highest BCUT2D eigenvalue weighted by molar-refractivity contribution is 9.11. The Balaban J connectivity index is 1.48. The van der Waals surface area contributed by atoms with Crippen LogP contribution in [0.4, 0.5) is 0 Å². The molecule has 1 N–H and O–H groups in total. The Bertz CT molecular complexity index is 701. The van der Waals surface area contributed by atoms with E-state index in [0.717, 1.165) is 28.3 Å². The number of fused-ring (bicyclic) bond motifs is 1. The molecule has 24 heavy (non-hydrogen) atoms. The number of halogens is 1. The summed E-state index contributed by atoms with van der Waals surface area (Å²) >= 11 is 5.27. The SMILES string of the molecule is Brc1ccc([C@H](CCNC2CCC2)Oc2cccc3c2OCO3)s1.